The highest BCUT2D eigenvalue weighted by Crippen LogP contribution is 2.33. The molecule has 2 aromatic heterocycles. The minimum Gasteiger partial charge on any atom is -0.461 e. The number of fused-ring (bicyclic) bond motifs is 1. The number of aromatic amines is 1. The molecule has 0 radical (unpaired) electrons. The number of hydrogen-bond acceptors (Lipinski definition) is 7. The zero-order chi connectivity index (χ0) is 24.4. The Hall–Kier alpha value is -3.69. The van der Waals surface area contributed by atoms with E-state index in [1.54, 1.807) is 25.3 Å². The van der Waals surface area contributed by atoms with Crippen LogP contribution >= 0.6 is 11.6 Å². The van der Waals surface area contributed by atoms with Crippen molar-refractivity contribution in [3.05, 3.63) is 65.2 Å². The molecule has 0 amide bonds. The van der Waals surface area contributed by atoms with Crippen molar-refractivity contribution in [1.82, 2.24) is 15.0 Å². The van der Waals surface area contributed by atoms with Gasteiger partial charge in [-0.15, -0.1) is 0 Å². The Labute approximate surface area is 206 Å². The minimum atomic E-state index is -0.492. The number of hydrogen-bond donors (Lipinski definition) is 2. The molecule has 5 rings (SSSR count). The molecule has 2 aromatic carbocycles. The number of nitrogens with zero attached hydrogens (tertiary/aromatic N) is 3. The molecule has 35 heavy (non-hydrogen) atoms. The summed E-state index contributed by atoms with van der Waals surface area (Å²) in [5, 5.41) is 3.99. The van der Waals surface area contributed by atoms with E-state index < -0.39 is 5.82 Å². The van der Waals surface area contributed by atoms with E-state index in [9.17, 15) is 9.18 Å². The Bertz CT molecular complexity index is 1390. The summed E-state index contributed by atoms with van der Waals surface area (Å²) in [5.41, 5.74) is 3.57. The zero-order valence-electron chi connectivity index (χ0n) is 19.0. The quantitative estimate of drug-likeness (QED) is 0.356. The number of ether oxygens (including phenoxy) is 2. The molecule has 1 saturated heterocycles. The average Bonchev–Trinajstić information content (AvgIpc) is 3.31. The Kier molecular flexibility index (Phi) is 6.52. The van der Waals surface area contributed by atoms with Crippen LogP contribution in [-0.2, 0) is 9.47 Å². The van der Waals surface area contributed by atoms with E-state index in [0.29, 0.717) is 50.2 Å². The van der Waals surface area contributed by atoms with Gasteiger partial charge in [0.05, 0.1) is 24.8 Å². The molecule has 1 aliphatic rings. The topological polar surface area (TPSA) is 92.4 Å². The van der Waals surface area contributed by atoms with Crippen molar-refractivity contribution in [2.45, 2.75) is 6.92 Å². The number of halogens is 2. The van der Waals surface area contributed by atoms with E-state index in [-0.39, 0.29) is 11.0 Å². The molecule has 0 atom stereocenters. The first-order valence-corrected chi connectivity index (χ1v) is 11.6. The number of H-pyrrole nitrogens is 1. The van der Waals surface area contributed by atoms with Crippen molar-refractivity contribution in [3.8, 4) is 11.1 Å². The lowest BCUT2D eigenvalue weighted by atomic mass is 10.1. The maximum atomic E-state index is 13.5. The highest BCUT2D eigenvalue weighted by molar-refractivity contribution is 6.31. The van der Waals surface area contributed by atoms with Gasteiger partial charge in [0.1, 0.15) is 17.3 Å². The van der Waals surface area contributed by atoms with Crippen LogP contribution in [0.5, 0.6) is 0 Å². The predicted octanol–water partition coefficient (Wildman–Crippen LogP) is 5.17. The number of benzene rings is 2. The monoisotopic (exact) mass is 495 g/mol. The molecular weight excluding hydrogens is 473 g/mol. The van der Waals surface area contributed by atoms with E-state index in [1.165, 1.54) is 12.1 Å². The second-order valence-corrected chi connectivity index (χ2v) is 8.40. The van der Waals surface area contributed by atoms with Gasteiger partial charge in [-0.1, -0.05) is 17.7 Å². The average molecular weight is 496 g/mol. The lowest BCUT2D eigenvalue weighted by Gasteiger charge is -2.29. The van der Waals surface area contributed by atoms with Gasteiger partial charge in [0.15, 0.2) is 0 Å². The minimum absolute atomic E-state index is 0.0158. The van der Waals surface area contributed by atoms with Crippen LogP contribution in [0, 0.1) is 5.82 Å². The third-order valence-corrected chi connectivity index (χ3v) is 5.97. The lowest BCUT2D eigenvalue weighted by Crippen LogP contribution is -2.37. The smallest absolute Gasteiger partial charge is 0.354 e. The summed E-state index contributed by atoms with van der Waals surface area (Å²) in [6.07, 6.45) is 1.76. The fourth-order valence-electron chi connectivity index (χ4n) is 3.97. The molecule has 3 heterocycles. The van der Waals surface area contributed by atoms with Crippen LogP contribution in [0.3, 0.4) is 0 Å². The SMILES string of the molecule is CCOC(=O)c1cc2cc(-c3cnc(Nc4ccc(F)c(Cl)c4)nc3N3CCOCC3)ccc2[nH]1. The first-order chi connectivity index (χ1) is 17.0. The molecule has 2 N–H and O–H groups in total. The van der Waals surface area contributed by atoms with E-state index in [0.717, 1.165) is 27.8 Å². The van der Waals surface area contributed by atoms with E-state index in [4.69, 9.17) is 26.1 Å². The molecule has 0 aliphatic carbocycles. The summed E-state index contributed by atoms with van der Waals surface area (Å²) < 4.78 is 24.2. The number of esters is 1. The molecule has 1 fully saturated rings. The summed E-state index contributed by atoms with van der Waals surface area (Å²) in [6.45, 7) is 4.65. The first kappa shape index (κ1) is 23.1. The molecule has 0 spiro atoms. The standard InChI is InChI=1S/C25H23ClFN5O3/c1-2-35-24(33)22-12-16-11-15(3-6-21(16)30-22)18-14-28-25(29-17-4-5-20(27)19(26)13-17)31-23(18)32-7-9-34-10-8-32/h3-6,11-14,30H,2,7-10H2,1H3,(H,28,29,31). The van der Waals surface area contributed by atoms with Gasteiger partial charge >= 0.3 is 5.97 Å². The normalized spacial score (nSPS) is 13.7. The van der Waals surface area contributed by atoms with Crippen LogP contribution in [-0.4, -0.2) is 53.8 Å². The number of morpholine rings is 1. The summed E-state index contributed by atoms with van der Waals surface area (Å²) in [5.74, 6) is 0.234. The van der Waals surface area contributed by atoms with Crippen molar-refractivity contribution in [1.29, 1.82) is 0 Å². The third-order valence-electron chi connectivity index (χ3n) is 5.68. The van der Waals surface area contributed by atoms with Crippen molar-refractivity contribution in [2.75, 3.05) is 43.1 Å². The van der Waals surface area contributed by atoms with Crippen LogP contribution in [0.15, 0.2) is 48.7 Å². The second-order valence-electron chi connectivity index (χ2n) is 7.99. The molecule has 8 nitrogen and oxygen atoms in total. The van der Waals surface area contributed by atoms with Crippen molar-refractivity contribution >= 4 is 45.9 Å². The molecule has 0 bridgehead atoms. The summed E-state index contributed by atoms with van der Waals surface area (Å²) in [6, 6.07) is 12.0. The van der Waals surface area contributed by atoms with Crippen molar-refractivity contribution in [3.63, 3.8) is 0 Å². The molecule has 0 unspecified atom stereocenters. The van der Waals surface area contributed by atoms with Crippen LogP contribution in [0.2, 0.25) is 5.02 Å². The van der Waals surface area contributed by atoms with Gasteiger partial charge in [0.2, 0.25) is 5.95 Å². The van der Waals surface area contributed by atoms with Gasteiger partial charge < -0.3 is 24.7 Å². The molecule has 180 valence electrons. The van der Waals surface area contributed by atoms with Crippen LogP contribution in [0.25, 0.3) is 22.0 Å². The van der Waals surface area contributed by atoms with Crippen molar-refractivity contribution < 1.29 is 18.7 Å². The van der Waals surface area contributed by atoms with Gasteiger partial charge in [0, 0.05) is 41.4 Å². The maximum Gasteiger partial charge on any atom is 0.354 e. The molecular formula is C25H23ClFN5O3. The number of nitrogens with one attached hydrogen (secondary N) is 2. The molecule has 4 aromatic rings. The highest BCUT2D eigenvalue weighted by atomic mass is 35.5. The fraction of sp³-hybridized carbons (Fsp3) is 0.240. The Morgan fingerprint density at radius 2 is 2.06 bits per heavy atom. The number of carbonyl (C=O) groups is 1. The van der Waals surface area contributed by atoms with Gasteiger partial charge in [-0.05, 0) is 48.9 Å². The summed E-state index contributed by atoms with van der Waals surface area (Å²) in [7, 11) is 0. The van der Waals surface area contributed by atoms with Gasteiger partial charge in [0.25, 0.3) is 0 Å². The Morgan fingerprint density at radius 1 is 1.23 bits per heavy atom. The lowest BCUT2D eigenvalue weighted by molar-refractivity contribution is 0.0520. The Balaban J connectivity index is 1.52. The third kappa shape index (κ3) is 4.91. The van der Waals surface area contributed by atoms with Crippen molar-refractivity contribution in [2.24, 2.45) is 0 Å². The second kappa shape index (κ2) is 9.89. The van der Waals surface area contributed by atoms with Gasteiger partial charge in [-0.25, -0.2) is 14.2 Å². The maximum absolute atomic E-state index is 13.5. The first-order valence-electron chi connectivity index (χ1n) is 11.2. The van der Waals surface area contributed by atoms with E-state index >= 15 is 0 Å². The molecule has 1 aliphatic heterocycles. The van der Waals surface area contributed by atoms with E-state index in [1.807, 2.05) is 18.2 Å². The number of carbonyl (C=O) groups excluding carboxylic acids is 1. The Morgan fingerprint density at radius 3 is 2.83 bits per heavy atom. The highest BCUT2D eigenvalue weighted by Gasteiger charge is 2.20. The number of rotatable bonds is 6. The van der Waals surface area contributed by atoms with Gasteiger partial charge in [-0.2, -0.15) is 4.98 Å². The van der Waals surface area contributed by atoms with Gasteiger partial charge in [-0.3, -0.25) is 0 Å². The zero-order valence-corrected chi connectivity index (χ0v) is 19.7. The fourth-order valence-corrected chi connectivity index (χ4v) is 4.16. The van der Waals surface area contributed by atoms with Crippen LogP contribution in [0.4, 0.5) is 21.8 Å². The largest absolute Gasteiger partial charge is 0.461 e. The number of aromatic nitrogens is 3. The predicted molar refractivity (Wildman–Crippen MR) is 133 cm³/mol. The summed E-state index contributed by atoms with van der Waals surface area (Å²) in [4.78, 5) is 26.7. The summed E-state index contributed by atoms with van der Waals surface area (Å²) >= 11 is 5.92. The molecule has 10 heteroatoms. The van der Waals surface area contributed by atoms with Crippen LogP contribution < -0.4 is 10.2 Å². The molecule has 0 saturated carbocycles. The number of anilines is 3. The van der Waals surface area contributed by atoms with E-state index in [2.05, 4.69) is 20.2 Å². The van der Waals surface area contributed by atoms with Crippen LogP contribution in [0.1, 0.15) is 17.4 Å².